The van der Waals surface area contributed by atoms with E-state index in [2.05, 4.69) is 12.2 Å². The molecular weight excluding hydrogens is 277 g/mol. The Labute approximate surface area is 123 Å². The second-order valence-electron chi connectivity index (χ2n) is 4.73. The van der Waals surface area contributed by atoms with Crippen LogP contribution >= 0.6 is 11.6 Å². The van der Waals surface area contributed by atoms with Gasteiger partial charge in [-0.25, -0.2) is 4.39 Å². The molecule has 0 aliphatic heterocycles. The number of anilines is 1. The van der Waals surface area contributed by atoms with E-state index in [1.807, 2.05) is 24.3 Å². The molecule has 0 fully saturated rings. The number of methoxy groups -OCH3 is 1. The summed E-state index contributed by atoms with van der Waals surface area (Å²) in [5.74, 6) is 0.444. The summed E-state index contributed by atoms with van der Waals surface area (Å²) in [5, 5.41) is 3.44. The van der Waals surface area contributed by atoms with Gasteiger partial charge in [0.2, 0.25) is 0 Å². The van der Waals surface area contributed by atoms with Crippen LogP contribution in [0.1, 0.15) is 12.5 Å². The fraction of sp³-hybridized carbons (Fsp3) is 0.250. The lowest BCUT2D eigenvalue weighted by atomic mass is 10.1. The number of rotatable bonds is 5. The SMILES string of the molecule is COc1ccc(C[C@@H](C)Nc2ccc(F)c(Cl)c2)cc1. The minimum Gasteiger partial charge on any atom is -0.497 e. The zero-order valence-corrected chi connectivity index (χ0v) is 12.2. The smallest absolute Gasteiger partial charge is 0.141 e. The van der Waals surface area contributed by atoms with E-state index >= 15 is 0 Å². The van der Waals surface area contributed by atoms with Crippen molar-refractivity contribution in [1.82, 2.24) is 0 Å². The van der Waals surface area contributed by atoms with Crippen LogP contribution in [0.3, 0.4) is 0 Å². The predicted molar refractivity (Wildman–Crippen MR) is 81.2 cm³/mol. The quantitative estimate of drug-likeness (QED) is 0.874. The minimum atomic E-state index is -0.403. The molecule has 2 rings (SSSR count). The Morgan fingerprint density at radius 3 is 2.50 bits per heavy atom. The maximum Gasteiger partial charge on any atom is 0.141 e. The molecule has 4 heteroatoms. The average molecular weight is 294 g/mol. The lowest BCUT2D eigenvalue weighted by Gasteiger charge is -2.16. The largest absolute Gasteiger partial charge is 0.497 e. The number of nitrogens with one attached hydrogen (secondary N) is 1. The maximum absolute atomic E-state index is 13.1. The van der Waals surface area contributed by atoms with Gasteiger partial charge in [-0.05, 0) is 49.2 Å². The van der Waals surface area contributed by atoms with E-state index in [-0.39, 0.29) is 11.1 Å². The van der Waals surface area contributed by atoms with E-state index in [1.54, 1.807) is 19.2 Å². The Bertz CT molecular complexity index is 571. The Kier molecular flexibility index (Phi) is 4.85. The number of halogens is 2. The first-order valence-electron chi connectivity index (χ1n) is 6.43. The van der Waals surface area contributed by atoms with Crippen molar-refractivity contribution in [3.05, 3.63) is 58.9 Å². The third kappa shape index (κ3) is 3.87. The minimum absolute atomic E-state index is 0.131. The molecule has 0 heterocycles. The molecule has 1 N–H and O–H groups in total. The van der Waals surface area contributed by atoms with Crippen LogP contribution in [0.4, 0.5) is 10.1 Å². The van der Waals surface area contributed by atoms with Gasteiger partial charge in [-0.1, -0.05) is 23.7 Å². The highest BCUT2D eigenvalue weighted by Gasteiger charge is 2.06. The third-order valence-corrected chi connectivity index (χ3v) is 3.32. The molecule has 20 heavy (non-hydrogen) atoms. The fourth-order valence-corrected chi connectivity index (χ4v) is 2.22. The van der Waals surface area contributed by atoms with Crippen LogP contribution in [0, 0.1) is 5.82 Å². The summed E-state index contributed by atoms with van der Waals surface area (Å²) in [6.45, 7) is 2.07. The second kappa shape index (κ2) is 6.62. The zero-order valence-electron chi connectivity index (χ0n) is 11.5. The van der Waals surface area contributed by atoms with Crippen molar-refractivity contribution < 1.29 is 9.13 Å². The van der Waals surface area contributed by atoms with Crippen LogP contribution in [0.5, 0.6) is 5.75 Å². The van der Waals surface area contributed by atoms with Gasteiger partial charge in [0.05, 0.1) is 12.1 Å². The first-order valence-corrected chi connectivity index (χ1v) is 6.81. The van der Waals surface area contributed by atoms with Crippen molar-refractivity contribution in [2.75, 3.05) is 12.4 Å². The average Bonchev–Trinajstić information content (AvgIpc) is 2.44. The van der Waals surface area contributed by atoms with Gasteiger partial charge >= 0.3 is 0 Å². The van der Waals surface area contributed by atoms with E-state index < -0.39 is 5.82 Å². The maximum atomic E-state index is 13.1. The zero-order chi connectivity index (χ0) is 14.5. The summed E-state index contributed by atoms with van der Waals surface area (Å²) < 4.78 is 18.2. The van der Waals surface area contributed by atoms with Crippen LogP contribution in [0.15, 0.2) is 42.5 Å². The third-order valence-electron chi connectivity index (χ3n) is 3.03. The van der Waals surface area contributed by atoms with Crippen LogP contribution in [0.2, 0.25) is 5.02 Å². The molecule has 0 radical (unpaired) electrons. The first-order chi connectivity index (χ1) is 9.58. The summed E-state index contributed by atoms with van der Waals surface area (Å²) >= 11 is 5.76. The molecule has 2 nitrogen and oxygen atoms in total. The van der Waals surface area contributed by atoms with Crippen molar-refractivity contribution in [1.29, 1.82) is 0 Å². The van der Waals surface area contributed by atoms with Crippen LogP contribution in [-0.4, -0.2) is 13.2 Å². The lowest BCUT2D eigenvalue weighted by molar-refractivity contribution is 0.414. The van der Waals surface area contributed by atoms with Gasteiger partial charge in [0.15, 0.2) is 0 Å². The Balaban J connectivity index is 1.97. The van der Waals surface area contributed by atoms with Crippen LogP contribution < -0.4 is 10.1 Å². The van der Waals surface area contributed by atoms with Gasteiger partial charge in [0.1, 0.15) is 11.6 Å². The lowest BCUT2D eigenvalue weighted by Crippen LogP contribution is -2.18. The van der Waals surface area contributed by atoms with Gasteiger partial charge in [-0.3, -0.25) is 0 Å². The fourth-order valence-electron chi connectivity index (χ4n) is 2.04. The van der Waals surface area contributed by atoms with Crippen molar-refractivity contribution in [2.45, 2.75) is 19.4 Å². The summed E-state index contributed by atoms with van der Waals surface area (Å²) in [4.78, 5) is 0. The Morgan fingerprint density at radius 2 is 1.90 bits per heavy atom. The van der Waals surface area contributed by atoms with E-state index in [1.165, 1.54) is 11.6 Å². The highest BCUT2D eigenvalue weighted by atomic mass is 35.5. The number of benzene rings is 2. The molecule has 0 unspecified atom stereocenters. The van der Waals surface area contributed by atoms with E-state index in [4.69, 9.17) is 16.3 Å². The van der Waals surface area contributed by atoms with Crippen molar-refractivity contribution in [2.24, 2.45) is 0 Å². The van der Waals surface area contributed by atoms with Gasteiger partial charge in [0, 0.05) is 11.7 Å². The van der Waals surface area contributed by atoms with Gasteiger partial charge in [0.25, 0.3) is 0 Å². The molecule has 0 saturated heterocycles. The predicted octanol–water partition coefficient (Wildman–Crippen LogP) is 4.53. The van der Waals surface area contributed by atoms with Crippen LogP contribution in [-0.2, 0) is 6.42 Å². The molecule has 0 bridgehead atoms. The highest BCUT2D eigenvalue weighted by Crippen LogP contribution is 2.20. The van der Waals surface area contributed by atoms with Gasteiger partial charge in [-0.15, -0.1) is 0 Å². The van der Waals surface area contributed by atoms with Crippen molar-refractivity contribution >= 4 is 17.3 Å². The normalized spacial score (nSPS) is 12.0. The second-order valence-corrected chi connectivity index (χ2v) is 5.13. The van der Waals surface area contributed by atoms with Crippen molar-refractivity contribution in [3.8, 4) is 5.75 Å². The summed E-state index contributed by atoms with van der Waals surface area (Å²) in [7, 11) is 1.65. The standard InChI is InChI=1S/C16H17ClFNO/c1-11(9-12-3-6-14(20-2)7-4-12)19-13-5-8-16(18)15(17)10-13/h3-8,10-11,19H,9H2,1-2H3/t11-/m1/s1. The first kappa shape index (κ1) is 14.7. The molecule has 2 aromatic carbocycles. The van der Waals surface area contributed by atoms with E-state index in [9.17, 15) is 4.39 Å². The Morgan fingerprint density at radius 1 is 1.20 bits per heavy atom. The molecule has 0 spiro atoms. The summed E-state index contributed by atoms with van der Waals surface area (Å²) in [5.41, 5.74) is 2.02. The molecule has 2 aromatic rings. The molecule has 106 valence electrons. The topological polar surface area (TPSA) is 21.3 Å². The van der Waals surface area contributed by atoms with Crippen molar-refractivity contribution in [3.63, 3.8) is 0 Å². The number of ether oxygens (including phenoxy) is 1. The Hall–Kier alpha value is -1.74. The number of hydrogen-bond acceptors (Lipinski definition) is 2. The molecule has 0 saturated carbocycles. The molecule has 0 aliphatic carbocycles. The molecule has 0 aromatic heterocycles. The molecule has 1 atom stereocenters. The number of hydrogen-bond donors (Lipinski definition) is 1. The van der Waals surface area contributed by atoms with Gasteiger partial charge in [-0.2, -0.15) is 0 Å². The van der Waals surface area contributed by atoms with E-state index in [0.29, 0.717) is 0 Å². The summed E-state index contributed by atoms with van der Waals surface area (Å²) in [6.07, 6.45) is 0.860. The molecule has 0 aliphatic rings. The monoisotopic (exact) mass is 293 g/mol. The summed E-state index contributed by atoms with van der Waals surface area (Å²) in [6, 6.07) is 12.8. The molecule has 0 amide bonds. The molecular formula is C16H17ClFNO. The highest BCUT2D eigenvalue weighted by molar-refractivity contribution is 6.31. The van der Waals surface area contributed by atoms with Gasteiger partial charge < -0.3 is 10.1 Å². The van der Waals surface area contributed by atoms with Crippen LogP contribution in [0.25, 0.3) is 0 Å². The van der Waals surface area contributed by atoms with E-state index in [0.717, 1.165) is 17.9 Å².